The highest BCUT2D eigenvalue weighted by Gasteiger charge is 2.25. The molecule has 25 heavy (non-hydrogen) atoms. The molecule has 5 rings (SSSR count). The summed E-state index contributed by atoms with van der Waals surface area (Å²) in [7, 11) is -3.01. The fourth-order valence-corrected chi connectivity index (χ4v) is 4.67. The Bertz CT molecular complexity index is 1090. The zero-order chi connectivity index (χ0) is 17.0. The van der Waals surface area contributed by atoms with E-state index in [1.54, 1.807) is 12.3 Å². The van der Waals surface area contributed by atoms with Gasteiger partial charge in [-0.25, -0.2) is 13.4 Å². The highest BCUT2D eigenvalue weighted by molar-refractivity contribution is 7.90. The van der Waals surface area contributed by atoms with Crippen LogP contribution in [0.2, 0.25) is 0 Å². The first-order valence-electron chi connectivity index (χ1n) is 8.17. The summed E-state index contributed by atoms with van der Waals surface area (Å²) in [6.07, 6.45) is 3.87. The van der Waals surface area contributed by atoms with Crippen LogP contribution in [0.25, 0.3) is 11.1 Å². The number of fused-ring (bicyclic) bond motifs is 2. The van der Waals surface area contributed by atoms with Crippen LogP contribution < -0.4 is 10.6 Å². The Morgan fingerprint density at radius 1 is 1.08 bits per heavy atom. The van der Waals surface area contributed by atoms with Crippen molar-refractivity contribution in [3.8, 4) is 0 Å². The second-order valence-electron chi connectivity index (χ2n) is 6.59. The van der Waals surface area contributed by atoms with Gasteiger partial charge < -0.3 is 15.1 Å². The van der Waals surface area contributed by atoms with Gasteiger partial charge in [-0.05, 0) is 36.1 Å². The van der Waals surface area contributed by atoms with E-state index in [1.165, 1.54) is 0 Å². The molecule has 1 fully saturated rings. The third-order valence-corrected chi connectivity index (χ3v) is 5.94. The Morgan fingerprint density at radius 2 is 1.92 bits per heavy atom. The number of aromatic nitrogens is 2. The van der Waals surface area contributed by atoms with Gasteiger partial charge in [-0.3, -0.25) is 0 Å². The van der Waals surface area contributed by atoms with Crippen LogP contribution in [-0.2, 0) is 21.3 Å². The molecule has 1 saturated carbocycles. The molecule has 0 atom stereocenters. The van der Waals surface area contributed by atoms with Crippen molar-refractivity contribution >= 4 is 38.4 Å². The first kappa shape index (κ1) is 14.7. The van der Waals surface area contributed by atoms with E-state index in [4.69, 9.17) is 4.42 Å². The normalized spacial score (nSPS) is 18.2. The number of benzene rings is 1. The predicted molar refractivity (Wildman–Crippen MR) is 94.5 cm³/mol. The lowest BCUT2D eigenvalue weighted by Gasteiger charge is -2.09. The van der Waals surface area contributed by atoms with Crippen molar-refractivity contribution in [2.45, 2.75) is 30.4 Å². The molecule has 1 aliphatic heterocycles. The van der Waals surface area contributed by atoms with E-state index in [1.807, 2.05) is 18.2 Å². The minimum absolute atomic E-state index is 0.0912. The molecule has 3 heterocycles. The van der Waals surface area contributed by atoms with E-state index in [0.29, 0.717) is 23.4 Å². The number of nitrogens with one attached hydrogen (secondary N) is 2. The molecule has 0 radical (unpaired) electrons. The number of sulfone groups is 1. The lowest BCUT2D eigenvalue weighted by Crippen LogP contribution is -2.06. The molecule has 0 spiro atoms. The lowest BCUT2D eigenvalue weighted by molar-refractivity contribution is 0.598. The molecule has 7 nitrogen and oxygen atoms in total. The summed E-state index contributed by atoms with van der Waals surface area (Å²) in [5.41, 5.74) is 3.86. The summed E-state index contributed by atoms with van der Waals surface area (Å²) in [5.74, 6) is 1.35. The summed E-state index contributed by atoms with van der Waals surface area (Å²) >= 11 is 0. The summed E-state index contributed by atoms with van der Waals surface area (Å²) in [4.78, 5) is 8.99. The van der Waals surface area contributed by atoms with Crippen LogP contribution >= 0.6 is 0 Å². The van der Waals surface area contributed by atoms with Crippen molar-refractivity contribution in [1.29, 1.82) is 0 Å². The summed E-state index contributed by atoms with van der Waals surface area (Å²) < 4.78 is 29.0. The van der Waals surface area contributed by atoms with Gasteiger partial charge in [0.15, 0.2) is 21.2 Å². The molecule has 0 bridgehead atoms. The molecular formula is C17H16N4O3S. The smallest absolute Gasteiger partial charge is 0.229 e. The van der Waals surface area contributed by atoms with Crippen molar-refractivity contribution in [3.05, 3.63) is 41.7 Å². The number of anilines is 3. The molecule has 128 valence electrons. The second kappa shape index (κ2) is 5.19. The highest BCUT2D eigenvalue weighted by atomic mass is 32.2. The molecule has 0 unspecified atom stereocenters. The maximum absolute atomic E-state index is 11.8. The Balaban J connectivity index is 1.48. The third kappa shape index (κ3) is 2.82. The minimum Gasteiger partial charge on any atom is -0.459 e. The van der Waals surface area contributed by atoms with Crippen molar-refractivity contribution < 1.29 is 12.8 Å². The van der Waals surface area contributed by atoms with E-state index in [2.05, 4.69) is 20.6 Å². The zero-order valence-corrected chi connectivity index (χ0v) is 14.1. The van der Waals surface area contributed by atoms with E-state index >= 15 is 0 Å². The second-order valence-corrected chi connectivity index (χ2v) is 8.65. The molecule has 1 aliphatic carbocycles. The Hall–Kier alpha value is -2.61. The first-order valence-corrected chi connectivity index (χ1v) is 9.99. The molecule has 0 amide bonds. The fraction of sp³-hybridized carbons (Fsp3) is 0.294. The van der Waals surface area contributed by atoms with Gasteiger partial charge in [0.1, 0.15) is 5.52 Å². The topological polar surface area (TPSA) is 97.1 Å². The van der Waals surface area contributed by atoms with E-state index in [9.17, 15) is 8.42 Å². The van der Waals surface area contributed by atoms with Gasteiger partial charge >= 0.3 is 0 Å². The van der Waals surface area contributed by atoms with Crippen LogP contribution in [-0.4, -0.2) is 24.4 Å². The number of rotatable bonds is 4. The molecule has 1 aromatic carbocycles. The summed E-state index contributed by atoms with van der Waals surface area (Å²) in [6.45, 7) is 0. The Labute approximate surface area is 144 Å². The minimum atomic E-state index is -3.01. The standard InChI is InChI=1S/C17H16N4O3S/c22-25(23)8-10-1-2-13(7-11(10)9-25)19-17-20-14-5-6-24-15(14)16(21-17)18-12-3-4-12/h1-2,5-7,12H,3-4,8-9H2,(H2,18,19,20,21). The van der Waals surface area contributed by atoms with Gasteiger partial charge in [0, 0.05) is 17.8 Å². The maximum Gasteiger partial charge on any atom is 0.229 e. The highest BCUT2D eigenvalue weighted by Crippen LogP contribution is 2.31. The summed E-state index contributed by atoms with van der Waals surface area (Å²) in [6, 6.07) is 7.81. The SMILES string of the molecule is O=S1(=O)Cc2ccc(Nc3nc(NC4CC4)c4occc4n3)cc2C1. The Morgan fingerprint density at radius 3 is 2.76 bits per heavy atom. The largest absolute Gasteiger partial charge is 0.459 e. The van der Waals surface area contributed by atoms with E-state index in [-0.39, 0.29) is 11.5 Å². The van der Waals surface area contributed by atoms with Crippen molar-refractivity contribution in [3.63, 3.8) is 0 Å². The van der Waals surface area contributed by atoms with E-state index < -0.39 is 9.84 Å². The van der Waals surface area contributed by atoms with Crippen LogP contribution in [0.1, 0.15) is 24.0 Å². The number of furan rings is 1. The molecule has 2 N–H and O–H groups in total. The average Bonchev–Trinajstić information content (AvgIpc) is 3.13. The summed E-state index contributed by atoms with van der Waals surface area (Å²) in [5, 5.41) is 6.54. The molecule has 8 heteroatoms. The van der Waals surface area contributed by atoms with Gasteiger partial charge in [0.2, 0.25) is 5.95 Å². The fourth-order valence-electron chi connectivity index (χ4n) is 3.07. The molecule has 2 aliphatic rings. The average molecular weight is 356 g/mol. The number of hydrogen-bond donors (Lipinski definition) is 2. The van der Waals surface area contributed by atoms with Crippen LogP contribution in [0.5, 0.6) is 0 Å². The van der Waals surface area contributed by atoms with Gasteiger partial charge in [0.05, 0.1) is 17.8 Å². The van der Waals surface area contributed by atoms with Crippen LogP contribution in [0, 0.1) is 0 Å². The van der Waals surface area contributed by atoms with Crippen molar-refractivity contribution in [2.24, 2.45) is 0 Å². The third-order valence-electron chi connectivity index (χ3n) is 4.44. The number of nitrogens with zero attached hydrogens (tertiary/aromatic N) is 2. The molecule has 0 saturated heterocycles. The molecular weight excluding hydrogens is 340 g/mol. The number of hydrogen-bond acceptors (Lipinski definition) is 7. The predicted octanol–water partition coefficient (Wildman–Crippen LogP) is 2.97. The molecule has 3 aromatic rings. The lowest BCUT2D eigenvalue weighted by atomic mass is 10.1. The monoisotopic (exact) mass is 356 g/mol. The van der Waals surface area contributed by atoms with Crippen molar-refractivity contribution in [1.82, 2.24) is 9.97 Å². The molecule has 2 aromatic heterocycles. The van der Waals surface area contributed by atoms with Gasteiger partial charge in [0.25, 0.3) is 0 Å². The Kier molecular flexibility index (Phi) is 3.05. The van der Waals surface area contributed by atoms with Crippen LogP contribution in [0.15, 0.2) is 34.9 Å². The van der Waals surface area contributed by atoms with E-state index in [0.717, 1.165) is 35.2 Å². The van der Waals surface area contributed by atoms with Crippen molar-refractivity contribution in [2.75, 3.05) is 10.6 Å². The zero-order valence-electron chi connectivity index (χ0n) is 13.3. The van der Waals surface area contributed by atoms with Gasteiger partial charge in [-0.1, -0.05) is 6.07 Å². The van der Waals surface area contributed by atoms with Crippen LogP contribution in [0.4, 0.5) is 17.5 Å². The maximum atomic E-state index is 11.8. The van der Waals surface area contributed by atoms with Crippen LogP contribution in [0.3, 0.4) is 0 Å². The first-order chi connectivity index (χ1) is 12.1. The van der Waals surface area contributed by atoms with Gasteiger partial charge in [-0.2, -0.15) is 4.98 Å². The van der Waals surface area contributed by atoms with Gasteiger partial charge in [-0.15, -0.1) is 0 Å². The quantitative estimate of drug-likeness (QED) is 0.741.